The van der Waals surface area contributed by atoms with Gasteiger partial charge in [-0.15, -0.1) is 11.8 Å². The minimum Gasteiger partial charge on any atom is -0.461 e. The van der Waals surface area contributed by atoms with E-state index in [-0.39, 0.29) is 37.0 Å². The molecule has 4 rings (SSSR count). The summed E-state index contributed by atoms with van der Waals surface area (Å²) >= 11 is 1.55. The summed E-state index contributed by atoms with van der Waals surface area (Å²) in [6.45, 7) is 7.05. The van der Waals surface area contributed by atoms with Gasteiger partial charge in [0.2, 0.25) is 11.8 Å². The number of aliphatic hydroxyl groups is 1. The quantitative estimate of drug-likeness (QED) is 0.492. The standard InChI is InChI=1S/C23H32N2O5S/c1-4-8-15(2)24-11-5-10-23-16(17-21(29)30-14-6-9-22(17,3)31-23)19(27)25(12-7-13-26)18(23)20(24)28/h5-6,9-10,15-18,26H,4,7-8,11-14H2,1-3H3/t15?,16-,17-,18?,22+,23-/m0/s1. The lowest BCUT2D eigenvalue weighted by atomic mass is 9.75. The Hall–Kier alpha value is -1.80. The topological polar surface area (TPSA) is 87.2 Å². The number of cyclic esters (lactones) is 1. The zero-order valence-corrected chi connectivity index (χ0v) is 19.3. The van der Waals surface area contributed by atoms with Crippen molar-refractivity contribution in [3.63, 3.8) is 0 Å². The molecule has 0 aromatic heterocycles. The molecule has 4 aliphatic heterocycles. The summed E-state index contributed by atoms with van der Waals surface area (Å²) in [7, 11) is 0. The van der Waals surface area contributed by atoms with Crippen LogP contribution < -0.4 is 0 Å². The van der Waals surface area contributed by atoms with E-state index in [1.165, 1.54) is 0 Å². The third kappa shape index (κ3) is 3.33. The molecule has 1 spiro atoms. The van der Waals surface area contributed by atoms with E-state index in [1.54, 1.807) is 16.7 Å². The van der Waals surface area contributed by atoms with Gasteiger partial charge in [-0.25, -0.2) is 0 Å². The molecule has 0 aliphatic carbocycles. The van der Waals surface area contributed by atoms with Crippen LogP contribution in [0.15, 0.2) is 24.3 Å². The number of hydrogen-bond acceptors (Lipinski definition) is 6. The Kier molecular flexibility index (Phi) is 5.98. The fourth-order valence-corrected chi connectivity index (χ4v) is 7.98. The summed E-state index contributed by atoms with van der Waals surface area (Å²) in [6, 6.07) is -0.631. The van der Waals surface area contributed by atoms with E-state index >= 15 is 0 Å². The lowest BCUT2D eigenvalue weighted by Crippen LogP contribution is -2.55. The highest BCUT2D eigenvalue weighted by Gasteiger charge is 2.74. The number of amides is 2. The third-order valence-electron chi connectivity index (χ3n) is 7.14. The number of aliphatic hydroxyl groups excluding tert-OH is 1. The average Bonchev–Trinajstić information content (AvgIpc) is 2.97. The monoisotopic (exact) mass is 448 g/mol. The summed E-state index contributed by atoms with van der Waals surface area (Å²) in [5.41, 5.74) is 0. The third-order valence-corrected chi connectivity index (χ3v) is 8.94. The first kappa shape index (κ1) is 22.4. The van der Waals surface area contributed by atoms with Crippen LogP contribution in [0.5, 0.6) is 0 Å². The number of nitrogens with zero attached hydrogens (tertiary/aromatic N) is 2. The molecule has 6 atom stereocenters. The smallest absolute Gasteiger partial charge is 0.311 e. The molecular weight excluding hydrogens is 416 g/mol. The van der Waals surface area contributed by atoms with Crippen molar-refractivity contribution in [3.8, 4) is 0 Å². The summed E-state index contributed by atoms with van der Waals surface area (Å²) in [5.74, 6) is -1.94. The van der Waals surface area contributed by atoms with E-state index in [2.05, 4.69) is 6.92 Å². The van der Waals surface area contributed by atoms with Gasteiger partial charge in [-0.2, -0.15) is 0 Å². The number of hydrogen-bond donors (Lipinski definition) is 1. The molecule has 4 heterocycles. The highest BCUT2D eigenvalue weighted by molar-refractivity contribution is 8.02. The fourth-order valence-electron chi connectivity index (χ4n) is 5.82. The molecule has 0 aromatic carbocycles. The van der Waals surface area contributed by atoms with Gasteiger partial charge in [-0.3, -0.25) is 14.4 Å². The van der Waals surface area contributed by atoms with E-state index in [4.69, 9.17) is 4.74 Å². The normalized spacial score (nSPS) is 37.8. The van der Waals surface area contributed by atoms with Crippen LogP contribution in [0.1, 0.15) is 40.0 Å². The van der Waals surface area contributed by atoms with Crippen LogP contribution in [0.3, 0.4) is 0 Å². The van der Waals surface area contributed by atoms with Gasteiger partial charge in [0.15, 0.2) is 0 Å². The van der Waals surface area contributed by atoms with Crippen LogP contribution in [0.25, 0.3) is 0 Å². The summed E-state index contributed by atoms with van der Waals surface area (Å²) in [6.07, 6.45) is 10.1. The average molecular weight is 449 g/mol. The van der Waals surface area contributed by atoms with Crippen LogP contribution in [0, 0.1) is 11.8 Å². The molecule has 7 nitrogen and oxygen atoms in total. The number of thioether (sulfide) groups is 1. The van der Waals surface area contributed by atoms with E-state index in [0.717, 1.165) is 12.8 Å². The van der Waals surface area contributed by atoms with Gasteiger partial charge in [0.25, 0.3) is 0 Å². The second-order valence-corrected chi connectivity index (χ2v) is 11.0. The van der Waals surface area contributed by atoms with Crippen molar-refractivity contribution in [3.05, 3.63) is 24.3 Å². The highest BCUT2D eigenvalue weighted by atomic mass is 32.2. The maximum Gasteiger partial charge on any atom is 0.311 e. The Morgan fingerprint density at radius 1 is 1.23 bits per heavy atom. The number of ether oxygens (including phenoxy) is 1. The SMILES string of the molecule is CCCC(C)N1CC=C[C@]23S[C@]4(C)C=CCOC(=O)[C@@H]4[C@H]2C(=O)N(CCCO)C3C1=O. The zero-order chi connectivity index (χ0) is 22.4. The minimum atomic E-state index is -0.829. The summed E-state index contributed by atoms with van der Waals surface area (Å²) in [5, 5.41) is 9.41. The number of carbonyl (C=O) groups is 3. The number of fused-ring (bicyclic) bond motifs is 2. The summed E-state index contributed by atoms with van der Waals surface area (Å²) < 4.78 is 3.96. The van der Waals surface area contributed by atoms with Crippen molar-refractivity contribution in [2.75, 3.05) is 26.3 Å². The van der Waals surface area contributed by atoms with Crippen LogP contribution in [0.4, 0.5) is 0 Å². The molecule has 1 N–H and O–H groups in total. The Labute approximate surface area is 187 Å². The second kappa shape index (κ2) is 8.28. The van der Waals surface area contributed by atoms with E-state index in [9.17, 15) is 19.5 Å². The maximum absolute atomic E-state index is 13.9. The molecule has 4 aliphatic rings. The molecule has 0 aromatic rings. The molecule has 2 unspecified atom stereocenters. The number of rotatable bonds is 6. The van der Waals surface area contributed by atoms with Crippen molar-refractivity contribution in [2.45, 2.75) is 61.6 Å². The highest BCUT2D eigenvalue weighted by Crippen LogP contribution is 2.65. The van der Waals surface area contributed by atoms with Gasteiger partial charge in [0, 0.05) is 30.5 Å². The number of carbonyl (C=O) groups excluding carboxylic acids is 3. The second-order valence-electron chi connectivity index (χ2n) is 9.17. The Morgan fingerprint density at radius 2 is 2.00 bits per heavy atom. The largest absolute Gasteiger partial charge is 0.461 e. The lowest BCUT2D eigenvalue weighted by molar-refractivity contribution is -0.152. The van der Waals surface area contributed by atoms with E-state index in [1.807, 2.05) is 43.1 Å². The minimum absolute atomic E-state index is 0.0588. The Bertz CT molecular complexity index is 829. The molecule has 0 bridgehead atoms. The van der Waals surface area contributed by atoms with Gasteiger partial charge in [0.05, 0.1) is 16.6 Å². The van der Waals surface area contributed by atoms with Crippen LogP contribution >= 0.6 is 11.8 Å². The van der Waals surface area contributed by atoms with Gasteiger partial charge in [-0.05, 0) is 32.8 Å². The van der Waals surface area contributed by atoms with Gasteiger partial charge >= 0.3 is 5.97 Å². The van der Waals surface area contributed by atoms with Crippen molar-refractivity contribution in [2.24, 2.45) is 11.8 Å². The molecule has 31 heavy (non-hydrogen) atoms. The first-order valence-electron chi connectivity index (χ1n) is 11.2. The molecule has 170 valence electrons. The number of esters is 1. The van der Waals surface area contributed by atoms with Gasteiger partial charge in [-0.1, -0.05) is 31.6 Å². The predicted octanol–water partition coefficient (Wildman–Crippen LogP) is 1.76. The first-order chi connectivity index (χ1) is 14.8. The Morgan fingerprint density at radius 3 is 2.71 bits per heavy atom. The molecule has 2 saturated heterocycles. The summed E-state index contributed by atoms with van der Waals surface area (Å²) in [4.78, 5) is 44.2. The maximum atomic E-state index is 13.9. The van der Waals surface area contributed by atoms with Gasteiger partial charge in [0.1, 0.15) is 12.6 Å². The predicted molar refractivity (Wildman–Crippen MR) is 118 cm³/mol. The lowest BCUT2D eigenvalue weighted by Gasteiger charge is -2.38. The van der Waals surface area contributed by atoms with Crippen molar-refractivity contribution >= 4 is 29.5 Å². The fraction of sp³-hybridized carbons (Fsp3) is 0.696. The van der Waals surface area contributed by atoms with E-state index in [0.29, 0.717) is 19.5 Å². The molecule has 2 fully saturated rings. The van der Waals surface area contributed by atoms with Crippen molar-refractivity contribution in [1.82, 2.24) is 9.80 Å². The van der Waals surface area contributed by atoms with E-state index < -0.39 is 27.4 Å². The van der Waals surface area contributed by atoms with Crippen LogP contribution in [-0.2, 0) is 19.1 Å². The first-order valence-corrected chi connectivity index (χ1v) is 12.1. The molecule has 8 heteroatoms. The molecular formula is C23H32N2O5S. The zero-order valence-electron chi connectivity index (χ0n) is 18.5. The molecule has 0 saturated carbocycles. The Balaban J connectivity index is 1.82. The molecule has 0 radical (unpaired) electrons. The molecule has 2 amide bonds. The van der Waals surface area contributed by atoms with Gasteiger partial charge < -0.3 is 19.6 Å². The van der Waals surface area contributed by atoms with Crippen molar-refractivity contribution in [1.29, 1.82) is 0 Å². The van der Waals surface area contributed by atoms with Crippen molar-refractivity contribution < 1.29 is 24.2 Å². The van der Waals surface area contributed by atoms with Crippen LogP contribution in [0.2, 0.25) is 0 Å². The number of likely N-dealkylation sites (tertiary alicyclic amines) is 1. The van der Waals surface area contributed by atoms with Crippen LogP contribution in [-0.4, -0.2) is 80.6 Å².